The Labute approximate surface area is 165 Å². The minimum Gasteiger partial charge on any atom is -0.491 e. The lowest BCUT2D eigenvalue weighted by atomic mass is 9.97. The van der Waals surface area contributed by atoms with Crippen LogP contribution < -0.4 is 10.1 Å². The summed E-state index contributed by atoms with van der Waals surface area (Å²) in [5.74, 6) is 0.689. The summed E-state index contributed by atoms with van der Waals surface area (Å²) in [6.45, 7) is 6.57. The zero-order chi connectivity index (χ0) is 20.4. The average molecular weight is 395 g/mol. The molecule has 0 amide bonds. The van der Waals surface area contributed by atoms with Gasteiger partial charge in [-0.05, 0) is 51.0 Å². The van der Waals surface area contributed by atoms with Gasteiger partial charge in [0, 0.05) is 19.6 Å². The lowest BCUT2D eigenvalue weighted by Crippen LogP contribution is -2.47. The van der Waals surface area contributed by atoms with Crippen molar-refractivity contribution >= 4 is 11.9 Å². The van der Waals surface area contributed by atoms with Crippen LogP contribution in [0.15, 0.2) is 29.3 Å². The number of aliphatic hydroxyl groups is 1. The Balaban J connectivity index is 1.82. The van der Waals surface area contributed by atoms with Crippen LogP contribution in [0.3, 0.4) is 0 Å². The summed E-state index contributed by atoms with van der Waals surface area (Å²) >= 11 is 0. The molecule has 2 rings (SSSR count). The van der Waals surface area contributed by atoms with Gasteiger partial charge < -0.3 is 24.8 Å². The van der Waals surface area contributed by atoms with Gasteiger partial charge >= 0.3 is 5.97 Å². The van der Waals surface area contributed by atoms with Crippen molar-refractivity contribution in [2.75, 3.05) is 39.4 Å². The van der Waals surface area contributed by atoms with E-state index in [1.807, 2.05) is 13.8 Å². The van der Waals surface area contributed by atoms with Gasteiger partial charge in [-0.1, -0.05) is 0 Å². The maximum atomic E-state index is 12.9. The van der Waals surface area contributed by atoms with Gasteiger partial charge in [-0.15, -0.1) is 0 Å². The first-order valence-electron chi connectivity index (χ1n) is 9.79. The third-order valence-electron chi connectivity index (χ3n) is 4.46. The van der Waals surface area contributed by atoms with Crippen LogP contribution in [-0.4, -0.2) is 67.4 Å². The summed E-state index contributed by atoms with van der Waals surface area (Å²) < 4.78 is 23.4. The highest BCUT2D eigenvalue weighted by molar-refractivity contribution is 5.80. The van der Waals surface area contributed by atoms with E-state index in [2.05, 4.69) is 15.2 Å². The van der Waals surface area contributed by atoms with Crippen LogP contribution in [-0.2, 0) is 9.53 Å². The number of halogens is 1. The van der Waals surface area contributed by atoms with Gasteiger partial charge in [0.25, 0.3) is 0 Å². The van der Waals surface area contributed by atoms with Crippen LogP contribution in [0, 0.1) is 11.7 Å². The zero-order valence-electron chi connectivity index (χ0n) is 16.6. The minimum absolute atomic E-state index is 0.0613. The minimum atomic E-state index is -0.782. The number of hydrogen-bond acceptors (Lipinski definition) is 5. The Bertz CT molecular complexity index is 631. The standard InChI is InChI=1S/C20H30FN3O4/c1-3-22-20(24-11-9-15(10-12-24)19(26)27-4-2)23-13-17(25)14-28-18-7-5-16(21)6-8-18/h5-8,15,17,25H,3-4,9-14H2,1-2H3,(H,22,23). The molecule has 7 nitrogen and oxygen atoms in total. The molecule has 1 aromatic rings. The van der Waals surface area contributed by atoms with Crippen molar-refractivity contribution in [3.05, 3.63) is 30.1 Å². The Morgan fingerprint density at radius 2 is 2.00 bits per heavy atom. The van der Waals surface area contributed by atoms with E-state index in [1.165, 1.54) is 24.3 Å². The van der Waals surface area contributed by atoms with E-state index in [0.29, 0.717) is 38.0 Å². The summed E-state index contributed by atoms with van der Waals surface area (Å²) in [7, 11) is 0. The fourth-order valence-corrected chi connectivity index (χ4v) is 2.98. The van der Waals surface area contributed by atoms with E-state index in [4.69, 9.17) is 9.47 Å². The van der Waals surface area contributed by atoms with Gasteiger partial charge in [-0.3, -0.25) is 9.79 Å². The molecule has 1 unspecified atom stereocenters. The van der Waals surface area contributed by atoms with Crippen LogP contribution >= 0.6 is 0 Å². The molecule has 1 heterocycles. The van der Waals surface area contributed by atoms with Gasteiger partial charge in [0.15, 0.2) is 5.96 Å². The number of nitrogens with one attached hydrogen (secondary N) is 1. The summed E-state index contributed by atoms with van der Waals surface area (Å²) in [6, 6.07) is 5.65. The van der Waals surface area contributed by atoms with Crippen molar-refractivity contribution in [2.45, 2.75) is 32.8 Å². The number of piperidine rings is 1. The van der Waals surface area contributed by atoms with E-state index < -0.39 is 6.10 Å². The number of guanidine groups is 1. The van der Waals surface area contributed by atoms with Crippen molar-refractivity contribution in [1.82, 2.24) is 10.2 Å². The normalized spacial score (nSPS) is 16.6. The number of aliphatic imine (C=N–C) groups is 1. The summed E-state index contributed by atoms with van der Waals surface area (Å²) in [5.41, 5.74) is 0. The van der Waals surface area contributed by atoms with Crippen molar-refractivity contribution in [1.29, 1.82) is 0 Å². The summed E-state index contributed by atoms with van der Waals surface area (Å²) in [6.07, 6.45) is 0.662. The second-order valence-corrected chi connectivity index (χ2v) is 6.63. The van der Waals surface area contributed by atoms with Crippen LogP contribution in [0.25, 0.3) is 0 Å². The van der Waals surface area contributed by atoms with Gasteiger partial charge in [-0.25, -0.2) is 4.39 Å². The number of benzene rings is 1. The highest BCUT2D eigenvalue weighted by atomic mass is 19.1. The first-order chi connectivity index (χ1) is 13.5. The van der Waals surface area contributed by atoms with E-state index in [9.17, 15) is 14.3 Å². The molecular formula is C20H30FN3O4. The molecule has 0 spiro atoms. The van der Waals surface area contributed by atoms with Gasteiger partial charge in [0.2, 0.25) is 0 Å². The molecule has 1 aliphatic heterocycles. The molecule has 0 aromatic heterocycles. The first kappa shape index (κ1) is 21.9. The Morgan fingerprint density at radius 1 is 1.32 bits per heavy atom. The van der Waals surface area contributed by atoms with Crippen molar-refractivity contribution in [3.63, 3.8) is 0 Å². The fourth-order valence-electron chi connectivity index (χ4n) is 2.98. The predicted molar refractivity (Wildman–Crippen MR) is 105 cm³/mol. The topological polar surface area (TPSA) is 83.4 Å². The number of likely N-dealkylation sites (tertiary alicyclic amines) is 1. The molecule has 0 bridgehead atoms. The second-order valence-electron chi connectivity index (χ2n) is 6.63. The number of ether oxygens (including phenoxy) is 2. The Kier molecular flexibility index (Phi) is 9.00. The first-order valence-corrected chi connectivity index (χ1v) is 9.79. The fraction of sp³-hybridized carbons (Fsp3) is 0.600. The molecule has 28 heavy (non-hydrogen) atoms. The monoisotopic (exact) mass is 395 g/mol. The zero-order valence-corrected chi connectivity index (χ0v) is 16.6. The van der Waals surface area contributed by atoms with E-state index in [1.54, 1.807) is 0 Å². The van der Waals surface area contributed by atoms with Crippen LogP contribution in [0.5, 0.6) is 5.75 Å². The largest absolute Gasteiger partial charge is 0.491 e. The number of carbonyl (C=O) groups excluding carboxylic acids is 1. The molecule has 2 N–H and O–H groups in total. The molecule has 1 saturated heterocycles. The number of hydrogen-bond donors (Lipinski definition) is 2. The lowest BCUT2D eigenvalue weighted by Gasteiger charge is -2.33. The average Bonchev–Trinajstić information content (AvgIpc) is 2.71. The maximum absolute atomic E-state index is 12.9. The van der Waals surface area contributed by atoms with Gasteiger partial charge in [0.1, 0.15) is 24.3 Å². The third-order valence-corrected chi connectivity index (χ3v) is 4.46. The van der Waals surface area contributed by atoms with Crippen molar-refractivity contribution in [2.24, 2.45) is 10.9 Å². The summed E-state index contributed by atoms with van der Waals surface area (Å²) in [4.78, 5) is 18.5. The molecule has 0 aliphatic carbocycles. The summed E-state index contributed by atoms with van der Waals surface area (Å²) in [5, 5.41) is 13.4. The number of nitrogens with zero attached hydrogens (tertiary/aromatic N) is 2. The van der Waals surface area contributed by atoms with Crippen LogP contribution in [0.4, 0.5) is 4.39 Å². The predicted octanol–water partition coefficient (Wildman–Crippen LogP) is 1.81. The third kappa shape index (κ3) is 6.99. The quantitative estimate of drug-likeness (QED) is 0.397. The Morgan fingerprint density at radius 3 is 2.61 bits per heavy atom. The molecular weight excluding hydrogens is 365 g/mol. The maximum Gasteiger partial charge on any atom is 0.309 e. The van der Waals surface area contributed by atoms with Crippen LogP contribution in [0.1, 0.15) is 26.7 Å². The van der Waals surface area contributed by atoms with E-state index in [-0.39, 0.29) is 30.9 Å². The van der Waals surface area contributed by atoms with E-state index in [0.717, 1.165) is 12.8 Å². The smallest absolute Gasteiger partial charge is 0.309 e. The Hall–Kier alpha value is -2.35. The van der Waals surface area contributed by atoms with Crippen molar-refractivity contribution in [3.8, 4) is 5.75 Å². The van der Waals surface area contributed by atoms with E-state index >= 15 is 0 Å². The molecule has 8 heteroatoms. The highest BCUT2D eigenvalue weighted by Gasteiger charge is 2.27. The molecule has 1 fully saturated rings. The van der Waals surface area contributed by atoms with Crippen molar-refractivity contribution < 1.29 is 23.8 Å². The van der Waals surface area contributed by atoms with Gasteiger partial charge in [-0.2, -0.15) is 0 Å². The lowest BCUT2D eigenvalue weighted by molar-refractivity contribution is -0.149. The SMILES string of the molecule is CCNC(=NCC(O)COc1ccc(F)cc1)N1CCC(C(=O)OCC)CC1. The molecule has 1 aromatic carbocycles. The number of esters is 1. The molecule has 0 radical (unpaired) electrons. The molecule has 1 atom stereocenters. The van der Waals surface area contributed by atoms with Crippen LogP contribution in [0.2, 0.25) is 0 Å². The highest BCUT2D eigenvalue weighted by Crippen LogP contribution is 2.19. The molecule has 0 saturated carbocycles. The number of rotatable bonds is 8. The number of aliphatic hydroxyl groups excluding tert-OH is 1. The molecule has 1 aliphatic rings. The number of carbonyl (C=O) groups is 1. The second kappa shape index (κ2) is 11.5. The van der Waals surface area contributed by atoms with Gasteiger partial charge in [0.05, 0.1) is 19.1 Å². The molecule has 156 valence electrons.